The van der Waals surface area contributed by atoms with E-state index < -0.39 is 19.2 Å². The van der Waals surface area contributed by atoms with Crippen LogP contribution in [0.5, 0.6) is 5.75 Å². The van der Waals surface area contributed by atoms with Crippen molar-refractivity contribution in [3.8, 4) is 5.75 Å². The topological polar surface area (TPSA) is 65.0 Å². The highest BCUT2D eigenvalue weighted by Gasteiger charge is 2.34. The fourth-order valence-corrected chi connectivity index (χ4v) is 1.82. The summed E-state index contributed by atoms with van der Waals surface area (Å²) in [6, 6.07) is 5.26. The summed E-state index contributed by atoms with van der Waals surface area (Å²) in [6.45, 7) is 0. The van der Waals surface area contributed by atoms with Crippen LogP contribution in [0.3, 0.4) is 0 Å². The zero-order chi connectivity index (χ0) is 13.1. The number of ether oxygens (including phenoxy) is 2. The van der Waals surface area contributed by atoms with Crippen molar-refractivity contribution in [2.45, 2.75) is 6.10 Å². The van der Waals surface area contributed by atoms with Crippen molar-refractivity contribution in [2.75, 3.05) is 14.2 Å². The molecule has 1 aromatic carbocycles. The Morgan fingerprint density at radius 3 is 2.94 bits per heavy atom. The second-order valence-electron chi connectivity index (χ2n) is 3.79. The van der Waals surface area contributed by atoms with Gasteiger partial charge >= 0.3 is 13.1 Å². The van der Waals surface area contributed by atoms with Crippen molar-refractivity contribution < 1.29 is 23.9 Å². The minimum atomic E-state index is -0.988. The number of carbonyl (C=O) groups excluding carboxylic acids is 1. The first kappa shape index (κ1) is 12.7. The lowest BCUT2D eigenvalue weighted by Gasteiger charge is -2.07. The highest BCUT2D eigenvalue weighted by molar-refractivity contribution is 6.61. The summed E-state index contributed by atoms with van der Waals surface area (Å²) < 4.78 is 14.9. The molecule has 0 amide bonds. The smallest absolute Gasteiger partial charge is 0.492 e. The maximum absolute atomic E-state index is 11.0. The average molecular weight is 248 g/mol. The number of methoxy groups -OCH3 is 2. The molecule has 2 rings (SSSR count). The van der Waals surface area contributed by atoms with Gasteiger partial charge in [-0.3, -0.25) is 0 Å². The van der Waals surface area contributed by atoms with E-state index in [4.69, 9.17) is 9.39 Å². The van der Waals surface area contributed by atoms with Crippen LogP contribution in [0.4, 0.5) is 0 Å². The summed E-state index contributed by atoms with van der Waals surface area (Å²) in [6.07, 6.45) is 2.33. The summed E-state index contributed by atoms with van der Waals surface area (Å²) in [5, 5.41) is 9.72. The molecule has 1 unspecified atom stereocenters. The van der Waals surface area contributed by atoms with Gasteiger partial charge in [-0.2, -0.15) is 0 Å². The highest BCUT2D eigenvalue weighted by atomic mass is 16.5. The lowest BCUT2D eigenvalue weighted by atomic mass is 9.79. The molecule has 0 fully saturated rings. The summed E-state index contributed by atoms with van der Waals surface area (Å²) in [4.78, 5) is 11.0. The number of esters is 1. The van der Waals surface area contributed by atoms with E-state index in [1.54, 1.807) is 31.4 Å². The number of hydrogen-bond acceptors (Lipinski definition) is 5. The van der Waals surface area contributed by atoms with Crippen molar-refractivity contribution in [2.24, 2.45) is 0 Å². The lowest BCUT2D eigenvalue weighted by Crippen LogP contribution is -2.27. The monoisotopic (exact) mass is 248 g/mol. The third kappa shape index (κ3) is 2.39. The predicted octanol–water partition coefficient (Wildman–Crippen LogP) is 0.183. The molecule has 1 aliphatic heterocycles. The SMILES string of the molecule is COC(=O)/C=C/C1OB(O)c2ccc(OC)cc21. The first-order valence-corrected chi connectivity index (χ1v) is 5.43. The molecule has 1 aliphatic rings. The van der Waals surface area contributed by atoms with E-state index in [1.807, 2.05) is 0 Å². The van der Waals surface area contributed by atoms with E-state index in [0.717, 1.165) is 5.56 Å². The molecule has 0 radical (unpaired) electrons. The van der Waals surface area contributed by atoms with Crippen LogP contribution in [0.1, 0.15) is 11.7 Å². The molecule has 6 heteroatoms. The standard InChI is InChI=1S/C12H13BO5/c1-16-8-3-4-10-9(7-8)11(18-13(10)15)5-6-12(14)17-2/h3-7,11,15H,1-2H3/b6-5+. The largest absolute Gasteiger partial charge is 0.497 e. The molecule has 0 bridgehead atoms. The minimum absolute atomic E-state index is 0.468. The maximum Gasteiger partial charge on any atom is 0.492 e. The van der Waals surface area contributed by atoms with Crippen LogP contribution in [-0.2, 0) is 14.2 Å². The third-order valence-electron chi connectivity index (χ3n) is 2.75. The number of rotatable bonds is 3. The van der Waals surface area contributed by atoms with E-state index in [2.05, 4.69) is 4.74 Å². The summed E-state index contributed by atoms with van der Waals surface area (Å²) >= 11 is 0. The molecule has 1 aromatic rings. The summed E-state index contributed by atoms with van der Waals surface area (Å²) in [5.74, 6) is 0.201. The Balaban J connectivity index is 2.27. The zero-order valence-electron chi connectivity index (χ0n) is 10.1. The van der Waals surface area contributed by atoms with E-state index >= 15 is 0 Å². The lowest BCUT2D eigenvalue weighted by molar-refractivity contribution is -0.134. The first-order chi connectivity index (χ1) is 8.65. The van der Waals surface area contributed by atoms with Gasteiger partial charge in [-0.25, -0.2) is 4.79 Å². The minimum Gasteiger partial charge on any atom is -0.497 e. The van der Waals surface area contributed by atoms with Gasteiger partial charge < -0.3 is 19.2 Å². The van der Waals surface area contributed by atoms with Gasteiger partial charge in [-0.1, -0.05) is 6.07 Å². The molecule has 94 valence electrons. The Morgan fingerprint density at radius 1 is 1.50 bits per heavy atom. The molecule has 18 heavy (non-hydrogen) atoms. The van der Waals surface area contributed by atoms with E-state index in [0.29, 0.717) is 11.2 Å². The second kappa shape index (κ2) is 5.24. The summed E-state index contributed by atoms with van der Waals surface area (Å²) in [5.41, 5.74) is 1.46. The van der Waals surface area contributed by atoms with Gasteiger partial charge in [0.2, 0.25) is 0 Å². The molecule has 0 aromatic heterocycles. The fraction of sp³-hybridized carbons (Fsp3) is 0.250. The number of benzene rings is 1. The average Bonchev–Trinajstić information content (AvgIpc) is 2.72. The Kier molecular flexibility index (Phi) is 3.69. The quantitative estimate of drug-likeness (QED) is 0.469. The Bertz CT molecular complexity index is 485. The third-order valence-corrected chi connectivity index (χ3v) is 2.75. The Labute approximate surface area is 105 Å². The molecule has 1 heterocycles. The first-order valence-electron chi connectivity index (χ1n) is 5.43. The van der Waals surface area contributed by atoms with Crippen LogP contribution < -0.4 is 10.2 Å². The van der Waals surface area contributed by atoms with Crippen molar-refractivity contribution in [1.29, 1.82) is 0 Å². The van der Waals surface area contributed by atoms with Crippen molar-refractivity contribution in [3.05, 3.63) is 35.9 Å². The predicted molar refractivity (Wildman–Crippen MR) is 65.6 cm³/mol. The molecule has 1 N–H and O–H groups in total. The zero-order valence-corrected chi connectivity index (χ0v) is 10.1. The van der Waals surface area contributed by atoms with Crippen LogP contribution in [-0.4, -0.2) is 32.3 Å². The van der Waals surface area contributed by atoms with Crippen molar-refractivity contribution in [3.63, 3.8) is 0 Å². The van der Waals surface area contributed by atoms with Crippen LogP contribution in [0.2, 0.25) is 0 Å². The van der Waals surface area contributed by atoms with Crippen LogP contribution in [0, 0.1) is 0 Å². The van der Waals surface area contributed by atoms with Crippen molar-refractivity contribution >= 4 is 18.6 Å². The van der Waals surface area contributed by atoms with Gasteiger partial charge in [-0.05, 0) is 29.2 Å². The Morgan fingerprint density at radius 2 is 2.28 bits per heavy atom. The molecular formula is C12H13BO5. The van der Waals surface area contributed by atoms with Gasteiger partial charge in [0.1, 0.15) is 5.75 Å². The highest BCUT2D eigenvalue weighted by Crippen LogP contribution is 2.27. The van der Waals surface area contributed by atoms with E-state index in [9.17, 15) is 9.82 Å². The molecular weight excluding hydrogens is 235 g/mol. The molecule has 0 saturated heterocycles. The van der Waals surface area contributed by atoms with E-state index in [1.165, 1.54) is 13.2 Å². The number of carbonyl (C=O) groups is 1. The number of hydrogen-bond donors (Lipinski definition) is 1. The van der Waals surface area contributed by atoms with Gasteiger partial charge in [0, 0.05) is 6.08 Å². The van der Waals surface area contributed by atoms with Crippen LogP contribution >= 0.6 is 0 Å². The van der Waals surface area contributed by atoms with Gasteiger partial charge in [0.05, 0.1) is 20.3 Å². The molecule has 0 spiro atoms. The normalized spacial score (nSPS) is 17.9. The molecule has 1 atom stereocenters. The van der Waals surface area contributed by atoms with Gasteiger partial charge in [0.25, 0.3) is 0 Å². The number of fused-ring (bicyclic) bond motifs is 1. The molecule has 0 saturated carbocycles. The molecule has 0 aliphatic carbocycles. The van der Waals surface area contributed by atoms with Gasteiger partial charge in [-0.15, -0.1) is 0 Å². The van der Waals surface area contributed by atoms with E-state index in [-0.39, 0.29) is 0 Å². The molecule has 5 nitrogen and oxygen atoms in total. The Hall–Kier alpha value is -1.79. The summed E-state index contributed by atoms with van der Waals surface area (Å²) in [7, 11) is 1.87. The van der Waals surface area contributed by atoms with Crippen LogP contribution in [0.15, 0.2) is 30.4 Å². The second-order valence-corrected chi connectivity index (χ2v) is 3.79. The fourth-order valence-electron chi connectivity index (χ4n) is 1.82. The van der Waals surface area contributed by atoms with Crippen molar-refractivity contribution in [1.82, 2.24) is 0 Å². The maximum atomic E-state index is 11.0. The van der Waals surface area contributed by atoms with Gasteiger partial charge in [0.15, 0.2) is 0 Å². The van der Waals surface area contributed by atoms with Crippen LogP contribution in [0.25, 0.3) is 0 Å².